The number of thioether (sulfide) groups is 1. The fraction of sp³-hybridized carbons (Fsp3) is 0.263. The number of nitrogens with zero attached hydrogens (tertiary/aromatic N) is 3. The quantitative estimate of drug-likeness (QED) is 0.614. The molecule has 0 fully saturated rings. The summed E-state index contributed by atoms with van der Waals surface area (Å²) in [6.45, 7) is 5.25. The Labute approximate surface area is 141 Å². The molecule has 0 amide bonds. The second kappa shape index (κ2) is 7.47. The van der Waals surface area contributed by atoms with E-state index in [1.807, 2.05) is 12.1 Å². The van der Waals surface area contributed by atoms with Crippen LogP contribution in [0, 0.1) is 0 Å². The zero-order valence-corrected chi connectivity index (χ0v) is 14.3. The van der Waals surface area contributed by atoms with Gasteiger partial charge in [0, 0.05) is 18.2 Å². The average molecular weight is 323 g/mol. The third-order valence-corrected chi connectivity index (χ3v) is 5.00. The van der Waals surface area contributed by atoms with Crippen molar-refractivity contribution < 1.29 is 0 Å². The van der Waals surface area contributed by atoms with Gasteiger partial charge in [0.25, 0.3) is 0 Å². The SMILES string of the molecule is CCn1c(Cc2ccccc2)nnc1SC(C)c1ccccc1. The monoisotopic (exact) mass is 323 g/mol. The summed E-state index contributed by atoms with van der Waals surface area (Å²) in [6, 6.07) is 21.0. The molecule has 0 N–H and O–H groups in total. The van der Waals surface area contributed by atoms with E-state index in [1.165, 1.54) is 11.1 Å². The van der Waals surface area contributed by atoms with Gasteiger partial charge in [-0.2, -0.15) is 0 Å². The first-order valence-electron chi connectivity index (χ1n) is 7.95. The Hall–Kier alpha value is -2.07. The van der Waals surface area contributed by atoms with Gasteiger partial charge in [-0.3, -0.25) is 0 Å². The highest BCUT2D eigenvalue weighted by Gasteiger charge is 2.15. The third kappa shape index (κ3) is 3.82. The van der Waals surface area contributed by atoms with Crippen molar-refractivity contribution in [2.75, 3.05) is 0 Å². The maximum Gasteiger partial charge on any atom is 0.191 e. The van der Waals surface area contributed by atoms with E-state index in [4.69, 9.17) is 0 Å². The molecular weight excluding hydrogens is 302 g/mol. The van der Waals surface area contributed by atoms with Crippen molar-refractivity contribution in [2.45, 2.75) is 37.2 Å². The molecule has 23 heavy (non-hydrogen) atoms. The summed E-state index contributed by atoms with van der Waals surface area (Å²) in [5.41, 5.74) is 2.58. The Kier molecular flexibility index (Phi) is 5.13. The van der Waals surface area contributed by atoms with Crippen LogP contribution in [0.25, 0.3) is 0 Å². The van der Waals surface area contributed by atoms with Gasteiger partial charge in [0.2, 0.25) is 0 Å². The maximum absolute atomic E-state index is 4.42. The molecule has 118 valence electrons. The van der Waals surface area contributed by atoms with E-state index in [0.717, 1.165) is 23.9 Å². The largest absolute Gasteiger partial charge is 0.306 e. The van der Waals surface area contributed by atoms with Crippen molar-refractivity contribution in [1.29, 1.82) is 0 Å². The molecule has 3 nitrogen and oxygen atoms in total. The van der Waals surface area contributed by atoms with Gasteiger partial charge in [-0.15, -0.1) is 10.2 Å². The average Bonchev–Trinajstić information content (AvgIpc) is 2.98. The first-order valence-corrected chi connectivity index (χ1v) is 8.83. The van der Waals surface area contributed by atoms with Gasteiger partial charge in [0.15, 0.2) is 5.16 Å². The topological polar surface area (TPSA) is 30.7 Å². The van der Waals surface area contributed by atoms with Gasteiger partial charge in [-0.25, -0.2) is 0 Å². The highest BCUT2D eigenvalue weighted by Crippen LogP contribution is 2.34. The van der Waals surface area contributed by atoms with Crippen molar-refractivity contribution in [3.05, 3.63) is 77.6 Å². The molecule has 0 spiro atoms. The molecule has 1 heterocycles. The second-order valence-corrected chi connectivity index (χ2v) is 6.78. The Morgan fingerprint density at radius 1 is 0.957 bits per heavy atom. The molecule has 0 radical (unpaired) electrons. The van der Waals surface area contributed by atoms with Gasteiger partial charge in [-0.1, -0.05) is 72.4 Å². The van der Waals surface area contributed by atoms with E-state index in [2.05, 4.69) is 77.1 Å². The van der Waals surface area contributed by atoms with E-state index >= 15 is 0 Å². The van der Waals surface area contributed by atoms with Crippen LogP contribution in [0.5, 0.6) is 0 Å². The molecule has 0 aliphatic carbocycles. The van der Waals surface area contributed by atoms with E-state index < -0.39 is 0 Å². The molecule has 1 atom stereocenters. The summed E-state index contributed by atoms with van der Waals surface area (Å²) in [5, 5.41) is 10.2. The van der Waals surface area contributed by atoms with Crippen molar-refractivity contribution in [3.8, 4) is 0 Å². The number of hydrogen-bond acceptors (Lipinski definition) is 3. The van der Waals surface area contributed by atoms with Crippen molar-refractivity contribution in [3.63, 3.8) is 0 Å². The summed E-state index contributed by atoms with van der Waals surface area (Å²) in [5.74, 6) is 1.03. The lowest BCUT2D eigenvalue weighted by atomic mass is 10.1. The summed E-state index contributed by atoms with van der Waals surface area (Å²) >= 11 is 1.77. The molecular formula is C19H21N3S. The van der Waals surface area contributed by atoms with Crippen LogP contribution in [0.3, 0.4) is 0 Å². The third-order valence-electron chi connectivity index (χ3n) is 3.87. The lowest BCUT2D eigenvalue weighted by molar-refractivity contribution is 0.650. The predicted molar refractivity (Wildman–Crippen MR) is 95.7 cm³/mol. The zero-order valence-electron chi connectivity index (χ0n) is 13.5. The van der Waals surface area contributed by atoms with Crippen LogP contribution >= 0.6 is 11.8 Å². The summed E-state index contributed by atoms with van der Waals surface area (Å²) in [7, 11) is 0. The zero-order chi connectivity index (χ0) is 16.1. The van der Waals surface area contributed by atoms with Gasteiger partial charge in [-0.05, 0) is 25.0 Å². The maximum atomic E-state index is 4.42. The number of benzene rings is 2. The lowest BCUT2D eigenvalue weighted by Crippen LogP contribution is -2.04. The van der Waals surface area contributed by atoms with E-state index in [9.17, 15) is 0 Å². The van der Waals surface area contributed by atoms with Crippen LogP contribution in [0.1, 0.15) is 36.0 Å². The molecule has 0 bridgehead atoms. The minimum Gasteiger partial charge on any atom is -0.306 e. The Balaban J connectivity index is 1.78. The Bertz CT molecular complexity index is 738. The normalized spacial score (nSPS) is 12.3. The Morgan fingerprint density at radius 3 is 2.26 bits per heavy atom. The van der Waals surface area contributed by atoms with Gasteiger partial charge in [0.05, 0.1) is 0 Å². The molecule has 1 unspecified atom stereocenters. The second-order valence-electron chi connectivity index (χ2n) is 5.48. The first kappa shape index (κ1) is 15.8. The summed E-state index contributed by atoms with van der Waals surface area (Å²) in [4.78, 5) is 0. The lowest BCUT2D eigenvalue weighted by Gasteiger charge is -2.12. The molecule has 0 aliphatic rings. The van der Waals surface area contributed by atoms with Crippen LogP contribution in [0.2, 0.25) is 0 Å². The van der Waals surface area contributed by atoms with Crippen LogP contribution in [0.15, 0.2) is 65.8 Å². The van der Waals surface area contributed by atoms with Crippen molar-refractivity contribution >= 4 is 11.8 Å². The molecule has 3 rings (SSSR count). The molecule has 0 aliphatic heterocycles. The van der Waals surface area contributed by atoms with E-state index in [1.54, 1.807) is 11.8 Å². The van der Waals surface area contributed by atoms with Crippen LogP contribution in [0.4, 0.5) is 0 Å². The molecule has 2 aromatic carbocycles. The fourth-order valence-corrected chi connectivity index (χ4v) is 3.64. The molecule has 4 heteroatoms. The van der Waals surface area contributed by atoms with Crippen LogP contribution in [-0.2, 0) is 13.0 Å². The number of aromatic nitrogens is 3. The van der Waals surface area contributed by atoms with E-state index in [-0.39, 0.29) is 0 Å². The first-order chi connectivity index (χ1) is 11.3. The fourth-order valence-electron chi connectivity index (χ4n) is 2.58. The minimum atomic E-state index is 0.357. The van der Waals surface area contributed by atoms with Crippen molar-refractivity contribution in [2.24, 2.45) is 0 Å². The smallest absolute Gasteiger partial charge is 0.191 e. The highest BCUT2D eigenvalue weighted by atomic mass is 32.2. The van der Waals surface area contributed by atoms with E-state index in [0.29, 0.717) is 5.25 Å². The molecule has 3 aromatic rings. The van der Waals surface area contributed by atoms with Gasteiger partial charge in [0.1, 0.15) is 5.82 Å². The summed E-state index contributed by atoms with van der Waals surface area (Å²) < 4.78 is 2.22. The molecule has 0 saturated heterocycles. The summed E-state index contributed by atoms with van der Waals surface area (Å²) in [6.07, 6.45) is 0.821. The number of hydrogen-bond donors (Lipinski definition) is 0. The standard InChI is InChI=1S/C19H21N3S/c1-3-22-18(14-16-10-6-4-7-11-16)20-21-19(22)23-15(2)17-12-8-5-9-13-17/h4-13,15H,3,14H2,1-2H3. The Morgan fingerprint density at radius 2 is 1.61 bits per heavy atom. The van der Waals surface area contributed by atoms with Gasteiger partial charge >= 0.3 is 0 Å². The minimum absolute atomic E-state index is 0.357. The van der Waals surface area contributed by atoms with Crippen LogP contribution < -0.4 is 0 Å². The molecule has 1 aromatic heterocycles. The number of rotatable bonds is 6. The predicted octanol–water partition coefficient (Wildman–Crippen LogP) is 4.74. The van der Waals surface area contributed by atoms with Gasteiger partial charge < -0.3 is 4.57 Å². The molecule has 0 saturated carbocycles. The highest BCUT2D eigenvalue weighted by molar-refractivity contribution is 7.99. The van der Waals surface area contributed by atoms with Crippen LogP contribution in [-0.4, -0.2) is 14.8 Å². The van der Waals surface area contributed by atoms with Crippen molar-refractivity contribution in [1.82, 2.24) is 14.8 Å².